The molecule has 0 spiro atoms. The zero-order valence-electron chi connectivity index (χ0n) is 19.0. The van der Waals surface area contributed by atoms with Gasteiger partial charge in [0.15, 0.2) is 0 Å². The van der Waals surface area contributed by atoms with Gasteiger partial charge < -0.3 is 0 Å². The van der Waals surface area contributed by atoms with Gasteiger partial charge in [-0.1, -0.05) is 109 Å². The molecule has 1 unspecified atom stereocenters. The zero-order chi connectivity index (χ0) is 25.4. The molecule has 6 rings (SSSR count). The van der Waals surface area contributed by atoms with Gasteiger partial charge in [-0.2, -0.15) is 0 Å². The molecule has 2 aromatic heterocycles. The molecule has 12 heteroatoms. The Hall–Kier alpha value is -3.06. The van der Waals surface area contributed by atoms with Gasteiger partial charge in [-0.3, -0.25) is 10.2 Å². The van der Waals surface area contributed by atoms with Gasteiger partial charge >= 0.3 is 0 Å². The first kappa shape index (κ1) is 24.3. The van der Waals surface area contributed by atoms with E-state index in [-0.39, 0.29) is 11.3 Å². The van der Waals surface area contributed by atoms with E-state index in [1.54, 1.807) is 9.69 Å². The molecule has 1 aliphatic rings. The Morgan fingerprint density at radius 3 is 2.51 bits per heavy atom. The second-order valence-electron chi connectivity index (χ2n) is 8.05. The van der Waals surface area contributed by atoms with Gasteiger partial charge in [-0.15, -0.1) is 15.3 Å². The number of nitrogens with one attached hydrogen (secondary N) is 1. The van der Waals surface area contributed by atoms with Crippen molar-refractivity contribution in [2.45, 2.75) is 11.9 Å². The molecule has 8 nitrogen and oxygen atoms in total. The van der Waals surface area contributed by atoms with Crippen LogP contribution in [-0.4, -0.2) is 36.1 Å². The largest absolute Gasteiger partial charge is 0.280 e. The summed E-state index contributed by atoms with van der Waals surface area (Å²) < 4.78 is 3.64. The van der Waals surface area contributed by atoms with Crippen LogP contribution in [0.25, 0.3) is 17.1 Å². The minimum absolute atomic E-state index is 0.138. The first-order valence-electron chi connectivity index (χ1n) is 11.1. The summed E-state index contributed by atoms with van der Waals surface area (Å²) in [5.41, 5.74) is 6.88. The summed E-state index contributed by atoms with van der Waals surface area (Å²) in [7, 11) is 0. The number of rotatable bonds is 6. The number of benzene rings is 3. The number of halogens is 2. The van der Waals surface area contributed by atoms with Crippen molar-refractivity contribution < 1.29 is 4.79 Å². The highest BCUT2D eigenvalue weighted by atomic mass is 79.9. The average Bonchev–Trinajstić information content (AvgIpc) is 3.61. The lowest BCUT2D eigenvalue weighted by Gasteiger charge is -2.24. The van der Waals surface area contributed by atoms with Gasteiger partial charge in [0, 0.05) is 14.5 Å². The minimum atomic E-state index is -0.302. The quantitative estimate of drug-likeness (QED) is 0.209. The third-order valence-electron chi connectivity index (χ3n) is 5.65. The van der Waals surface area contributed by atoms with E-state index in [0.717, 1.165) is 36.1 Å². The SMILES string of the molecule is O=C1/C(=C/c2ccccc2Br)SC(c2ccccc2Br)N1Nc1nnc(Cn2nnc3ccccc32)s1. The Morgan fingerprint density at radius 2 is 1.68 bits per heavy atom. The maximum atomic E-state index is 13.6. The van der Waals surface area contributed by atoms with Gasteiger partial charge in [-0.25, -0.2) is 9.69 Å². The van der Waals surface area contributed by atoms with E-state index in [1.807, 2.05) is 78.9 Å². The summed E-state index contributed by atoms with van der Waals surface area (Å²) >= 11 is 10.1. The minimum Gasteiger partial charge on any atom is -0.267 e. The van der Waals surface area contributed by atoms with Crippen molar-refractivity contribution in [3.63, 3.8) is 0 Å². The Balaban J connectivity index is 1.29. The second kappa shape index (κ2) is 10.4. The lowest BCUT2D eigenvalue weighted by atomic mass is 10.2. The van der Waals surface area contributed by atoms with Crippen LogP contribution in [0.3, 0.4) is 0 Å². The monoisotopic (exact) mass is 653 g/mol. The van der Waals surface area contributed by atoms with Gasteiger partial charge in [0.05, 0.1) is 17.0 Å². The van der Waals surface area contributed by atoms with Crippen LogP contribution < -0.4 is 5.43 Å². The normalized spacial score (nSPS) is 16.7. The molecule has 0 aliphatic carbocycles. The summed E-state index contributed by atoms with van der Waals surface area (Å²) in [6.07, 6.45) is 1.91. The molecule has 3 aromatic carbocycles. The van der Waals surface area contributed by atoms with E-state index in [2.05, 4.69) is 57.8 Å². The van der Waals surface area contributed by atoms with E-state index in [9.17, 15) is 4.79 Å². The van der Waals surface area contributed by atoms with E-state index in [4.69, 9.17) is 0 Å². The summed E-state index contributed by atoms with van der Waals surface area (Å²) in [5.74, 6) is -0.138. The van der Waals surface area contributed by atoms with Crippen LogP contribution >= 0.6 is 55.0 Å². The Kier molecular flexibility index (Phi) is 6.80. The van der Waals surface area contributed by atoms with Crippen LogP contribution in [0.5, 0.6) is 0 Å². The fourth-order valence-electron chi connectivity index (χ4n) is 3.89. The molecule has 1 saturated heterocycles. The van der Waals surface area contributed by atoms with Crippen molar-refractivity contribution in [2.75, 3.05) is 5.43 Å². The van der Waals surface area contributed by atoms with Crippen molar-refractivity contribution in [1.82, 2.24) is 30.2 Å². The van der Waals surface area contributed by atoms with Gasteiger partial charge in [0.1, 0.15) is 15.9 Å². The van der Waals surface area contributed by atoms with Crippen molar-refractivity contribution in [1.29, 1.82) is 0 Å². The maximum absolute atomic E-state index is 13.6. The predicted octanol–water partition coefficient (Wildman–Crippen LogP) is 6.50. The molecule has 1 N–H and O–H groups in total. The third kappa shape index (κ3) is 4.93. The molecule has 184 valence electrons. The van der Waals surface area contributed by atoms with Crippen LogP contribution in [0.2, 0.25) is 0 Å². The Bertz CT molecular complexity index is 1650. The van der Waals surface area contributed by atoms with E-state index < -0.39 is 0 Å². The predicted molar refractivity (Wildman–Crippen MR) is 154 cm³/mol. The number of aromatic nitrogens is 5. The van der Waals surface area contributed by atoms with Crippen LogP contribution in [0.1, 0.15) is 21.5 Å². The maximum Gasteiger partial charge on any atom is 0.280 e. The summed E-state index contributed by atoms with van der Waals surface area (Å²) in [5, 5.41) is 19.6. The number of anilines is 1. The molecule has 0 radical (unpaired) electrons. The van der Waals surface area contributed by atoms with E-state index in [0.29, 0.717) is 16.6 Å². The molecule has 3 heterocycles. The zero-order valence-corrected chi connectivity index (χ0v) is 23.8. The van der Waals surface area contributed by atoms with Crippen LogP contribution in [-0.2, 0) is 11.3 Å². The topological polar surface area (TPSA) is 88.8 Å². The molecule has 1 atom stereocenters. The Labute approximate surface area is 237 Å². The average molecular weight is 655 g/mol. The number of nitrogens with zero attached hydrogens (tertiary/aromatic N) is 6. The highest BCUT2D eigenvalue weighted by Crippen LogP contribution is 2.48. The number of carbonyl (C=O) groups is 1. The fourth-order valence-corrected chi connectivity index (χ4v) is 6.88. The van der Waals surface area contributed by atoms with Crippen LogP contribution in [0.4, 0.5) is 5.13 Å². The smallest absolute Gasteiger partial charge is 0.267 e. The molecular weight excluding hydrogens is 638 g/mol. The standard InChI is InChI=1S/C25H17Br2N7OS2/c26-17-9-3-1-7-15(17)13-21-23(35)34(24(36-21)16-8-2-4-10-18(16)27)31-25-30-29-22(37-25)14-33-20-12-6-5-11-19(20)28-32-33/h1-13,24H,14H2,(H,30,31)/b21-13-. The molecule has 5 aromatic rings. The van der Waals surface area contributed by atoms with Gasteiger partial charge in [-0.05, 0) is 35.9 Å². The highest BCUT2D eigenvalue weighted by Gasteiger charge is 2.39. The molecular formula is C25H17Br2N7OS2. The summed E-state index contributed by atoms with van der Waals surface area (Å²) in [6.45, 7) is 0.434. The highest BCUT2D eigenvalue weighted by molar-refractivity contribution is 9.10. The Morgan fingerprint density at radius 1 is 0.919 bits per heavy atom. The number of para-hydroxylation sites is 1. The van der Waals surface area contributed by atoms with Crippen molar-refractivity contribution in [3.05, 3.63) is 103 Å². The first-order valence-corrected chi connectivity index (χ1v) is 14.4. The van der Waals surface area contributed by atoms with E-state index >= 15 is 0 Å². The molecule has 1 fully saturated rings. The van der Waals surface area contributed by atoms with Crippen LogP contribution in [0.15, 0.2) is 86.6 Å². The number of hydrogen-bond acceptors (Lipinski definition) is 8. The number of hydrogen-bond donors (Lipinski definition) is 1. The number of carbonyl (C=O) groups excluding carboxylic acids is 1. The van der Waals surface area contributed by atoms with Gasteiger partial charge in [0.2, 0.25) is 5.13 Å². The second-order valence-corrected chi connectivity index (χ2v) is 11.9. The molecule has 0 saturated carbocycles. The van der Waals surface area contributed by atoms with Crippen molar-refractivity contribution in [2.24, 2.45) is 0 Å². The number of thioether (sulfide) groups is 1. The molecule has 0 bridgehead atoms. The summed E-state index contributed by atoms with van der Waals surface area (Å²) in [4.78, 5) is 14.2. The lowest BCUT2D eigenvalue weighted by Crippen LogP contribution is -2.33. The lowest BCUT2D eigenvalue weighted by molar-refractivity contribution is -0.124. The fraction of sp³-hybridized carbons (Fsp3) is 0.0800. The number of amides is 1. The van der Waals surface area contributed by atoms with Crippen molar-refractivity contribution in [3.8, 4) is 0 Å². The molecule has 1 aliphatic heterocycles. The van der Waals surface area contributed by atoms with E-state index in [1.165, 1.54) is 23.1 Å². The number of fused-ring (bicyclic) bond motifs is 1. The van der Waals surface area contributed by atoms with Crippen molar-refractivity contribution >= 4 is 83.1 Å². The summed E-state index contributed by atoms with van der Waals surface area (Å²) in [6, 6.07) is 23.5. The van der Waals surface area contributed by atoms with Crippen LogP contribution in [0, 0.1) is 0 Å². The molecule has 37 heavy (non-hydrogen) atoms. The van der Waals surface area contributed by atoms with Gasteiger partial charge in [0.25, 0.3) is 5.91 Å². The third-order valence-corrected chi connectivity index (χ3v) is 9.15. The molecule has 1 amide bonds. The first-order chi connectivity index (χ1) is 18.1. The number of hydrazine groups is 1.